The molecule has 3 rings (SSSR count). The van der Waals surface area contributed by atoms with Gasteiger partial charge in [-0.05, 0) is 12.5 Å². The number of hydrogen-bond donors (Lipinski definition) is 0. The quantitative estimate of drug-likeness (QED) is 0.825. The summed E-state index contributed by atoms with van der Waals surface area (Å²) in [4.78, 5) is 9.47. The van der Waals surface area contributed by atoms with E-state index in [4.69, 9.17) is 9.47 Å². The lowest BCUT2D eigenvalue weighted by atomic mass is 10.2. The third-order valence-electron chi connectivity index (χ3n) is 4.18. The Morgan fingerprint density at radius 3 is 3.20 bits per heavy atom. The predicted molar refractivity (Wildman–Crippen MR) is 78.0 cm³/mol. The van der Waals surface area contributed by atoms with Crippen LogP contribution >= 0.6 is 0 Å². The monoisotopic (exact) mass is 277 g/mol. The number of ether oxygens (including phenoxy) is 2. The van der Waals surface area contributed by atoms with Gasteiger partial charge in [-0.1, -0.05) is 6.07 Å². The maximum absolute atomic E-state index is 5.54. The van der Waals surface area contributed by atoms with Crippen LogP contribution in [0.3, 0.4) is 0 Å². The standard InChI is InChI=1S/C15H23N3O2/c1-19-10-8-17-6-7-18(14-4-9-20-12-14)11-13-3-2-5-16-15(13)17/h2-3,5,14H,4,6-12H2,1H3. The Labute approximate surface area is 120 Å². The maximum Gasteiger partial charge on any atom is 0.133 e. The number of anilines is 1. The fraction of sp³-hybridized carbons (Fsp3) is 0.667. The minimum Gasteiger partial charge on any atom is -0.383 e. The van der Waals surface area contributed by atoms with Crippen LogP contribution < -0.4 is 4.90 Å². The zero-order chi connectivity index (χ0) is 13.8. The Kier molecular flexibility index (Phi) is 4.50. The molecule has 0 aromatic carbocycles. The SMILES string of the molecule is COCCN1CCN(C2CCOC2)Cc2cccnc21. The van der Waals surface area contributed by atoms with Gasteiger partial charge in [0.1, 0.15) is 5.82 Å². The van der Waals surface area contributed by atoms with E-state index in [1.165, 1.54) is 5.56 Å². The van der Waals surface area contributed by atoms with E-state index in [1.54, 1.807) is 7.11 Å². The topological polar surface area (TPSA) is 37.8 Å². The number of fused-ring (bicyclic) bond motifs is 1. The summed E-state index contributed by atoms with van der Waals surface area (Å²) in [5.74, 6) is 1.12. The molecule has 5 heteroatoms. The Bertz CT molecular complexity index is 435. The molecule has 110 valence electrons. The number of hydrogen-bond acceptors (Lipinski definition) is 5. The summed E-state index contributed by atoms with van der Waals surface area (Å²) in [6.45, 7) is 6.44. The molecular weight excluding hydrogens is 254 g/mol. The van der Waals surface area contributed by atoms with Gasteiger partial charge in [0.15, 0.2) is 0 Å². The van der Waals surface area contributed by atoms with E-state index in [0.29, 0.717) is 6.04 Å². The number of methoxy groups -OCH3 is 1. The molecule has 1 saturated heterocycles. The van der Waals surface area contributed by atoms with Crippen LogP contribution in [0.2, 0.25) is 0 Å². The first kappa shape index (κ1) is 13.8. The number of pyridine rings is 1. The van der Waals surface area contributed by atoms with Gasteiger partial charge in [0.25, 0.3) is 0 Å². The molecule has 1 aromatic rings. The van der Waals surface area contributed by atoms with Crippen LogP contribution in [0, 0.1) is 0 Å². The first-order valence-corrected chi connectivity index (χ1v) is 7.38. The van der Waals surface area contributed by atoms with Gasteiger partial charge in [-0.2, -0.15) is 0 Å². The normalized spacial score (nSPS) is 23.6. The molecule has 1 unspecified atom stereocenters. The van der Waals surface area contributed by atoms with E-state index < -0.39 is 0 Å². The number of aromatic nitrogens is 1. The fourth-order valence-corrected chi connectivity index (χ4v) is 3.03. The molecular formula is C15H23N3O2. The molecule has 0 bridgehead atoms. The minimum atomic E-state index is 0.561. The van der Waals surface area contributed by atoms with Gasteiger partial charge in [-0.15, -0.1) is 0 Å². The molecule has 1 atom stereocenters. The van der Waals surface area contributed by atoms with Gasteiger partial charge in [-0.25, -0.2) is 4.98 Å². The van der Waals surface area contributed by atoms with Crippen molar-refractivity contribution in [2.45, 2.75) is 19.0 Å². The Balaban J connectivity index is 1.78. The second-order valence-corrected chi connectivity index (χ2v) is 5.45. The van der Waals surface area contributed by atoms with Crippen molar-refractivity contribution in [2.75, 3.05) is 51.5 Å². The predicted octanol–water partition coefficient (Wildman–Crippen LogP) is 1.14. The molecule has 2 aliphatic rings. The average molecular weight is 277 g/mol. The van der Waals surface area contributed by atoms with E-state index in [0.717, 1.165) is 58.2 Å². The Morgan fingerprint density at radius 2 is 2.40 bits per heavy atom. The summed E-state index contributed by atoms with van der Waals surface area (Å²) in [6.07, 6.45) is 3.03. The van der Waals surface area contributed by atoms with Crippen LogP contribution in [0.5, 0.6) is 0 Å². The number of rotatable bonds is 4. The molecule has 20 heavy (non-hydrogen) atoms. The van der Waals surface area contributed by atoms with E-state index in [-0.39, 0.29) is 0 Å². The molecule has 0 radical (unpaired) electrons. The first-order valence-electron chi connectivity index (χ1n) is 7.38. The number of nitrogens with zero attached hydrogens (tertiary/aromatic N) is 3. The van der Waals surface area contributed by atoms with Gasteiger partial charge >= 0.3 is 0 Å². The first-order chi connectivity index (χ1) is 9.88. The lowest BCUT2D eigenvalue weighted by Crippen LogP contribution is -2.39. The van der Waals surface area contributed by atoms with Crippen molar-refractivity contribution in [1.82, 2.24) is 9.88 Å². The van der Waals surface area contributed by atoms with E-state index >= 15 is 0 Å². The van der Waals surface area contributed by atoms with Gasteiger partial charge in [0, 0.05) is 57.7 Å². The molecule has 0 saturated carbocycles. The molecule has 5 nitrogen and oxygen atoms in total. The van der Waals surface area contributed by atoms with Gasteiger partial charge in [-0.3, -0.25) is 4.90 Å². The molecule has 2 aliphatic heterocycles. The molecule has 0 aliphatic carbocycles. The van der Waals surface area contributed by atoms with Crippen molar-refractivity contribution in [3.63, 3.8) is 0 Å². The fourth-order valence-electron chi connectivity index (χ4n) is 3.03. The van der Waals surface area contributed by atoms with Crippen LogP contribution in [-0.4, -0.2) is 62.5 Å². The molecule has 0 amide bonds. The van der Waals surface area contributed by atoms with Crippen molar-refractivity contribution in [3.05, 3.63) is 23.9 Å². The summed E-state index contributed by atoms with van der Waals surface area (Å²) in [5.41, 5.74) is 1.31. The van der Waals surface area contributed by atoms with Crippen molar-refractivity contribution in [2.24, 2.45) is 0 Å². The highest BCUT2D eigenvalue weighted by Gasteiger charge is 2.27. The van der Waals surface area contributed by atoms with Crippen LogP contribution in [0.4, 0.5) is 5.82 Å². The maximum atomic E-state index is 5.54. The Hall–Kier alpha value is -1.17. The molecule has 0 N–H and O–H groups in total. The third kappa shape index (κ3) is 2.95. The van der Waals surface area contributed by atoms with E-state index in [2.05, 4.69) is 20.9 Å². The van der Waals surface area contributed by atoms with Crippen LogP contribution in [0.25, 0.3) is 0 Å². The highest BCUT2D eigenvalue weighted by molar-refractivity contribution is 5.47. The van der Waals surface area contributed by atoms with E-state index in [9.17, 15) is 0 Å². The smallest absolute Gasteiger partial charge is 0.133 e. The second-order valence-electron chi connectivity index (χ2n) is 5.45. The lowest BCUT2D eigenvalue weighted by Gasteiger charge is -2.26. The van der Waals surface area contributed by atoms with Gasteiger partial charge < -0.3 is 14.4 Å². The average Bonchev–Trinajstić information content (AvgIpc) is 2.95. The van der Waals surface area contributed by atoms with Gasteiger partial charge in [0.2, 0.25) is 0 Å². The zero-order valence-corrected chi connectivity index (χ0v) is 12.1. The van der Waals surface area contributed by atoms with Crippen molar-refractivity contribution in [3.8, 4) is 0 Å². The van der Waals surface area contributed by atoms with Crippen LogP contribution in [-0.2, 0) is 16.0 Å². The minimum absolute atomic E-state index is 0.561. The second kappa shape index (κ2) is 6.52. The van der Waals surface area contributed by atoms with Crippen LogP contribution in [0.15, 0.2) is 18.3 Å². The lowest BCUT2D eigenvalue weighted by molar-refractivity contribution is 0.142. The Morgan fingerprint density at radius 1 is 1.45 bits per heavy atom. The molecule has 1 fully saturated rings. The highest BCUT2D eigenvalue weighted by Crippen LogP contribution is 2.25. The van der Waals surface area contributed by atoms with Crippen molar-refractivity contribution in [1.29, 1.82) is 0 Å². The van der Waals surface area contributed by atoms with Crippen LogP contribution in [0.1, 0.15) is 12.0 Å². The zero-order valence-electron chi connectivity index (χ0n) is 12.1. The highest BCUT2D eigenvalue weighted by atomic mass is 16.5. The molecule has 0 spiro atoms. The largest absolute Gasteiger partial charge is 0.383 e. The van der Waals surface area contributed by atoms with E-state index in [1.807, 2.05) is 12.3 Å². The summed E-state index contributed by atoms with van der Waals surface area (Å²) >= 11 is 0. The summed E-state index contributed by atoms with van der Waals surface area (Å²) < 4.78 is 10.8. The third-order valence-corrected chi connectivity index (χ3v) is 4.18. The van der Waals surface area contributed by atoms with Gasteiger partial charge in [0.05, 0.1) is 13.2 Å². The molecule has 1 aromatic heterocycles. The summed E-state index contributed by atoms with van der Waals surface area (Å²) in [5, 5.41) is 0. The van der Waals surface area contributed by atoms with Crippen molar-refractivity contribution >= 4 is 5.82 Å². The van der Waals surface area contributed by atoms with Crippen molar-refractivity contribution < 1.29 is 9.47 Å². The summed E-state index contributed by atoms with van der Waals surface area (Å²) in [7, 11) is 1.75. The summed E-state index contributed by atoms with van der Waals surface area (Å²) in [6, 6.07) is 4.78. The molecule has 3 heterocycles.